The van der Waals surface area contributed by atoms with Crippen LogP contribution in [-0.2, 0) is 11.8 Å². The lowest BCUT2D eigenvalue weighted by Gasteiger charge is -2.26. The first-order valence-corrected chi connectivity index (χ1v) is 8.16. The highest BCUT2D eigenvalue weighted by Crippen LogP contribution is 2.51. The quantitative estimate of drug-likeness (QED) is 0.646. The van der Waals surface area contributed by atoms with Crippen molar-refractivity contribution in [3.05, 3.63) is 56.7 Å². The Bertz CT molecular complexity index is 548. The van der Waals surface area contributed by atoms with Gasteiger partial charge in [0.05, 0.1) is 0 Å². The van der Waals surface area contributed by atoms with Crippen LogP contribution < -0.4 is 11.3 Å². The molecule has 0 aliphatic heterocycles. The molecule has 1 unspecified atom stereocenters. The van der Waals surface area contributed by atoms with Gasteiger partial charge in [-0.05, 0) is 46.8 Å². The van der Waals surface area contributed by atoms with E-state index in [0.29, 0.717) is 6.04 Å². The summed E-state index contributed by atoms with van der Waals surface area (Å²) in [6.45, 7) is 0. The molecule has 4 heteroatoms. The fraction of sp³-hybridized carbons (Fsp3) is 0.333. The second-order valence-corrected chi connectivity index (χ2v) is 7.09. The Hall–Kier alpha value is -0.680. The van der Waals surface area contributed by atoms with Gasteiger partial charge < -0.3 is 0 Å². The van der Waals surface area contributed by atoms with Gasteiger partial charge >= 0.3 is 0 Å². The lowest BCUT2D eigenvalue weighted by molar-refractivity contribution is 0.423. The van der Waals surface area contributed by atoms with Gasteiger partial charge in [-0.1, -0.05) is 30.3 Å². The second-order valence-electron chi connectivity index (χ2n) is 5.18. The van der Waals surface area contributed by atoms with E-state index in [1.807, 2.05) is 0 Å². The molecule has 1 heterocycles. The lowest BCUT2D eigenvalue weighted by Crippen LogP contribution is -2.45. The molecule has 0 amide bonds. The highest BCUT2D eigenvalue weighted by Gasteiger charge is 2.50. The number of nitrogens with two attached hydrogens (primary N) is 1. The summed E-state index contributed by atoms with van der Waals surface area (Å²) in [7, 11) is 0. The van der Waals surface area contributed by atoms with Gasteiger partial charge in [-0.2, -0.15) is 0 Å². The molecule has 1 aromatic carbocycles. The number of halogens is 1. The maximum Gasteiger partial charge on any atom is 0.0355 e. The average Bonchev–Trinajstić information content (AvgIpc) is 3.15. The van der Waals surface area contributed by atoms with E-state index in [0.717, 1.165) is 10.9 Å². The molecule has 100 valence electrons. The first kappa shape index (κ1) is 13.3. The lowest BCUT2D eigenvalue weighted by atomic mass is 9.86. The Balaban J connectivity index is 1.82. The molecule has 0 bridgehead atoms. The van der Waals surface area contributed by atoms with E-state index in [4.69, 9.17) is 5.84 Å². The van der Waals surface area contributed by atoms with Crippen molar-refractivity contribution in [2.75, 3.05) is 0 Å². The molecule has 1 aromatic heterocycles. The fourth-order valence-corrected chi connectivity index (χ4v) is 4.32. The largest absolute Gasteiger partial charge is 0.271 e. The number of rotatable bonds is 5. The van der Waals surface area contributed by atoms with E-state index in [1.54, 1.807) is 11.3 Å². The van der Waals surface area contributed by atoms with E-state index >= 15 is 0 Å². The van der Waals surface area contributed by atoms with Crippen LogP contribution >= 0.6 is 27.3 Å². The van der Waals surface area contributed by atoms with Gasteiger partial charge in [0.25, 0.3) is 0 Å². The monoisotopic (exact) mass is 336 g/mol. The Kier molecular flexibility index (Phi) is 3.76. The van der Waals surface area contributed by atoms with E-state index in [1.165, 1.54) is 23.3 Å². The Morgan fingerprint density at radius 2 is 2.05 bits per heavy atom. The zero-order chi connectivity index (χ0) is 13.3. The molecule has 1 aliphatic carbocycles. The summed E-state index contributed by atoms with van der Waals surface area (Å²) in [6, 6.07) is 13.2. The first-order valence-electron chi connectivity index (χ1n) is 6.49. The van der Waals surface area contributed by atoms with Crippen molar-refractivity contribution in [1.29, 1.82) is 0 Å². The maximum atomic E-state index is 5.83. The van der Waals surface area contributed by atoms with Crippen molar-refractivity contribution >= 4 is 27.3 Å². The summed E-state index contributed by atoms with van der Waals surface area (Å²) in [5, 5.41) is 2.13. The van der Waals surface area contributed by atoms with Crippen LogP contribution in [0.2, 0.25) is 0 Å². The van der Waals surface area contributed by atoms with Crippen LogP contribution in [0.3, 0.4) is 0 Å². The minimum Gasteiger partial charge on any atom is -0.271 e. The molecule has 2 aromatic rings. The molecular weight excluding hydrogens is 320 g/mol. The van der Waals surface area contributed by atoms with Crippen LogP contribution in [0, 0.1) is 0 Å². The zero-order valence-electron chi connectivity index (χ0n) is 10.6. The van der Waals surface area contributed by atoms with Gasteiger partial charge in [0, 0.05) is 26.2 Å². The average molecular weight is 337 g/mol. The van der Waals surface area contributed by atoms with Crippen LogP contribution in [0.25, 0.3) is 0 Å². The van der Waals surface area contributed by atoms with Crippen molar-refractivity contribution in [2.24, 2.45) is 5.84 Å². The SMILES string of the molecule is NNC(Cc1cc(Br)cs1)C1(c2ccccc2)CC1. The van der Waals surface area contributed by atoms with Crippen LogP contribution in [0.1, 0.15) is 23.3 Å². The van der Waals surface area contributed by atoms with Gasteiger partial charge in [-0.3, -0.25) is 11.3 Å². The minimum atomic E-state index is 0.229. The highest BCUT2D eigenvalue weighted by molar-refractivity contribution is 9.10. The van der Waals surface area contributed by atoms with E-state index in [2.05, 4.69) is 63.1 Å². The number of benzene rings is 1. The molecule has 0 radical (unpaired) electrons. The smallest absolute Gasteiger partial charge is 0.0355 e. The van der Waals surface area contributed by atoms with Crippen LogP contribution in [0.5, 0.6) is 0 Å². The summed E-state index contributed by atoms with van der Waals surface area (Å²) in [5.74, 6) is 5.83. The molecule has 0 saturated heterocycles. The van der Waals surface area contributed by atoms with Crippen molar-refractivity contribution in [1.82, 2.24) is 5.43 Å². The van der Waals surface area contributed by atoms with Crippen LogP contribution in [0.15, 0.2) is 46.3 Å². The van der Waals surface area contributed by atoms with Crippen LogP contribution in [0.4, 0.5) is 0 Å². The third kappa shape index (κ3) is 2.63. The predicted octanol–water partition coefficient (Wildman–Crippen LogP) is 3.62. The first-order chi connectivity index (χ1) is 9.24. The van der Waals surface area contributed by atoms with Gasteiger partial charge in [0.1, 0.15) is 0 Å². The highest BCUT2D eigenvalue weighted by atomic mass is 79.9. The summed E-state index contributed by atoms with van der Waals surface area (Å²) in [6.07, 6.45) is 3.43. The van der Waals surface area contributed by atoms with Gasteiger partial charge in [-0.15, -0.1) is 11.3 Å². The maximum absolute atomic E-state index is 5.83. The standard InChI is InChI=1S/C15H17BrN2S/c16-12-8-13(19-10-12)9-14(18-17)15(6-7-15)11-4-2-1-3-5-11/h1-5,8,10,14,18H,6-7,9,17H2. The second kappa shape index (κ2) is 5.37. The summed E-state index contributed by atoms with van der Waals surface area (Å²) >= 11 is 5.30. The third-order valence-electron chi connectivity index (χ3n) is 4.03. The Morgan fingerprint density at radius 1 is 1.32 bits per heavy atom. The number of hydrogen-bond donors (Lipinski definition) is 2. The molecule has 0 spiro atoms. The van der Waals surface area contributed by atoms with Crippen molar-refractivity contribution in [3.63, 3.8) is 0 Å². The van der Waals surface area contributed by atoms with E-state index in [9.17, 15) is 0 Å². The Labute approximate surface area is 126 Å². The number of hydrogen-bond acceptors (Lipinski definition) is 3. The number of hydrazine groups is 1. The zero-order valence-corrected chi connectivity index (χ0v) is 13.0. The third-order valence-corrected chi connectivity index (χ3v) is 5.75. The fourth-order valence-electron chi connectivity index (χ4n) is 2.82. The van der Waals surface area contributed by atoms with Gasteiger partial charge in [0.15, 0.2) is 0 Å². The van der Waals surface area contributed by atoms with Crippen LogP contribution in [-0.4, -0.2) is 6.04 Å². The molecule has 1 saturated carbocycles. The molecule has 19 heavy (non-hydrogen) atoms. The number of nitrogens with one attached hydrogen (secondary N) is 1. The normalized spacial score (nSPS) is 18.2. The molecule has 1 atom stereocenters. The molecular formula is C15H17BrN2S. The van der Waals surface area contributed by atoms with E-state index < -0.39 is 0 Å². The molecule has 1 fully saturated rings. The van der Waals surface area contributed by atoms with Crippen molar-refractivity contribution in [3.8, 4) is 0 Å². The topological polar surface area (TPSA) is 38.0 Å². The predicted molar refractivity (Wildman–Crippen MR) is 84.2 cm³/mol. The van der Waals surface area contributed by atoms with Crippen molar-refractivity contribution in [2.45, 2.75) is 30.7 Å². The van der Waals surface area contributed by atoms with E-state index in [-0.39, 0.29) is 5.41 Å². The van der Waals surface area contributed by atoms with Gasteiger partial charge in [0.2, 0.25) is 0 Å². The Morgan fingerprint density at radius 3 is 2.58 bits per heavy atom. The molecule has 3 N–H and O–H groups in total. The van der Waals surface area contributed by atoms with Gasteiger partial charge in [-0.25, -0.2) is 0 Å². The van der Waals surface area contributed by atoms with Crippen molar-refractivity contribution < 1.29 is 0 Å². The summed E-state index contributed by atoms with van der Waals surface area (Å²) in [5.41, 5.74) is 4.69. The molecule has 3 rings (SSSR count). The number of thiophene rings is 1. The molecule has 1 aliphatic rings. The summed E-state index contributed by atoms with van der Waals surface area (Å²) in [4.78, 5) is 1.37. The minimum absolute atomic E-state index is 0.229. The molecule has 2 nitrogen and oxygen atoms in total. The summed E-state index contributed by atoms with van der Waals surface area (Å²) < 4.78 is 1.16.